The zero-order valence-electron chi connectivity index (χ0n) is 20.8. The van der Waals surface area contributed by atoms with Crippen molar-refractivity contribution < 1.29 is 20.1 Å². The Bertz CT molecular complexity index is 898. The van der Waals surface area contributed by atoms with Crippen LogP contribution < -0.4 is 11.1 Å². The van der Waals surface area contributed by atoms with E-state index in [1.807, 2.05) is 18.2 Å². The molecule has 0 spiro atoms. The number of unbranched alkanes of at least 4 members (excludes halogenated alkanes) is 2. The van der Waals surface area contributed by atoms with Gasteiger partial charge < -0.3 is 25.8 Å². The standard InChI is InChI=1S/C26H42N4O4/c1-4-5-6-11-26-12-13-30(24(26)29(3)15-28-23(26)27)22-20(32)19(31)21(34-22)25(2,33)18-10-9-16-7-8-17(16)14-18/h9-10,14,19-24,28,31-33H,4-8,11-13,15,27H2,1-3H3/t19-,20+,21-,22+,23?,24?,25?,26?/m0/s1. The van der Waals surface area contributed by atoms with Gasteiger partial charge in [-0.25, -0.2) is 0 Å². The number of aliphatic hydroxyl groups is 3. The van der Waals surface area contributed by atoms with E-state index < -0.39 is 30.1 Å². The third-order valence-corrected chi connectivity index (χ3v) is 9.08. The molecule has 34 heavy (non-hydrogen) atoms. The molecule has 0 saturated carbocycles. The molecule has 6 N–H and O–H groups in total. The molecule has 0 aromatic heterocycles. The number of benzene rings is 1. The molecule has 4 unspecified atom stereocenters. The number of aliphatic hydroxyl groups excluding tert-OH is 2. The Morgan fingerprint density at radius 1 is 1.21 bits per heavy atom. The highest BCUT2D eigenvalue weighted by Crippen LogP contribution is 2.49. The van der Waals surface area contributed by atoms with Crippen LogP contribution in [0.5, 0.6) is 0 Å². The SMILES string of the molecule is CCCCCC12CCN([C@@H]3O[C@H](C(C)(O)c4ccc5c(c4)CC5)[C@@H](O)[C@H]3O)C1N(C)CNC2N. The van der Waals surface area contributed by atoms with E-state index in [-0.39, 0.29) is 17.7 Å². The van der Waals surface area contributed by atoms with Crippen LogP contribution in [0.2, 0.25) is 0 Å². The first-order valence-electron chi connectivity index (χ1n) is 13.0. The van der Waals surface area contributed by atoms with Crippen LogP contribution >= 0.6 is 0 Å². The molecule has 4 aliphatic rings. The number of aryl methyl sites for hydroxylation is 2. The molecule has 8 nitrogen and oxygen atoms in total. The van der Waals surface area contributed by atoms with Crippen LogP contribution in [0.4, 0.5) is 0 Å². The molecule has 1 aliphatic carbocycles. The first-order chi connectivity index (χ1) is 16.2. The second-order valence-electron chi connectivity index (χ2n) is 11.2. The van der Waals surface area contributed by atoms with Gasteiger partial charge in [-0.2, -0.15) is 0 Å². The molecule has 3 saturated heterocycles. The lowest BCUT2D eigenvalue weighted by Gasteiger charge is -2.52. The van der Waals surface area contributed by atoms with Crippen LogP contribution in [0, 0.1) is 5.41 Å². The largest absolute Gasteiger partial charge is 0.387 e. The van der Waals surface area contributed by atoms with Crippen molar-refractivity contribution in [3.05, 3.63) is 34.9 Å². The van der Waals surface area contributed by atoms with Gasteiger partial charge in [0.15, 0.2) is 0 Å². The molecular formula is C26H42N4O4. The fourth-order valence-corrected chi connectivity index (χ4v) is 6.91. The van der Waals surface area contributed by atoms with Gasteiger partial charge in [0.05, 0.1) is 19.0 Å². The summed E-state index contributed by atoms with van der Waals surface area (Å²) < 4.78 is 6.37. The summed E-state index contributed by atoms with van der Waals surface area (Å²) in [5, 5.41) is 37.2. The third-order valence-electron chi connectivity index (χ3n) is 9.08. The van der Waals surface area contributed by atoms with E-state index in [9.17, 15) is 15.3 Å². The van der Waals surface area contributed by atoms with E-state index >= 15 is 0 Å². The number of hydrogen-bond acceptors (Lipinski definition) is 8. The topological polar surface area (TPSA) is 114 Å². The second-order valence-corrected chi connectivity index (χ2v) is 11.2. The Morgan fingerprint density at radius 3 is 2.65 bits per heavy atom. The van der Waals surface area contributed by atoms with Crippen LogP contribution in [0.3, 0.4) is 0 Å². The lowest BCUT2D eigenvalue weighted by molar-refractivity contribution is -0.177. The number of nitrogens with zero attached hydrogens (tertiary/aromatic N) is 2. The number of ether oxygens (including phenoxy) is 1. The van der Waals surface area contributed by atoms with Gasteiger partial charge in [-0.1, -0.05) is 44.4 Å². The Labute approximate surface area is 203 Å². The molecular weight excluding hydrogens is 432 g/mol. The van der Waals surface area contributed by atoms with Crippen LogP contribution in [0.25, 0.3) is 0 Å². The molecule has 0 amide bonds. The summed E-state index contributed by atoms with van der Waals surface area (Å²) in [5.41, 5.74) is 8.37. The Kier molecular flexibility index (Phi) is 6.57. The number of hydrogen-bond donors (Lipinski definition) is 5. The van der Waals surface area contributed by atoms with E-state index in [1.165, 1.54) is 11.1 Å². The van der Waals surface area contributed by atoms with Crippen molar-refractivity contribution in [2.75, 3.05) is 20.3 Å². The van der Waals surface area contributed by atoms with Crippen LogP contribution in [-0.4, -0.2) is 82.3 Å². The maximum absolute atomic E-state index is 11.5. The van der Waals surface area contributed by atoms with Gasteiger partial charge in [-0.15, -0.1) is 0 Å². The van der Waals surface area contributed by atoms with Crippen molar-refractivity contribution in [3.8, 4) is 0 Å². The average molecular weight is 475 g/mol. The summed E-state index contributed by atoms with van der Waals surface area (Å²) in [7, 11) is 2.07. The minimum atomic E-state index is -1.42. The van der Waals surface area contributed by atoms with Crippen molar-refractivity contribution in [2.45, 2.75) is 101 Å². The summed E-state index contributed by atoms with van der Waals surface area (Å²) in [6.45, 7) is 5.26. The normalized spacial score (nSPS) is 40.0. The summed E-state index contributed by atoms with van der Waals surface area (Å²) in [6.07, 6.45) is 3.31. The molecule has 190 valence electrons. The number of rotatable bonds is 7. The maximum atomic E-state index is 11.5. The Hall–Kier alpha value is -1.10. The fraction of sp³-hybridized carbons (Fsp3) is 0.769. The van der Waals surface area contributed by atoms with Crippen LogP contribution in [-0.2, 0) is 23.2 Å². The summed E-state index contributed by atoms with van der Waals surface area (Å²) in [4.78, 5) is 4.42. The zero-order valence-corrected chi connectivity index (χ0v) is 20.8. The number of nitrogens with two attached hydrogens (primary N) is 1. The Balaban J connectivity index is 1.39. The van der Waals surface area contributed by atoms with Gasteiger partial charge in [-0.05, 0) is 56.3 Å². The minimum absolute atomic E-state index is 0.00682. The number of nitrogens with one attached hydrogen (secondary N) is 1. The molecule has 8 heteroatoms. The molecule has 3 aliphatic heterocycles. The van der Waals surface area contributed by atoms with Gasteiger partial charge in [-0.3, -0.25) is 15.1 Å². The zero-order chi connectivity index (χ0) is 24.3. The van der Waals surface area contributed by atoms with E-state index in [1.54, 1.807) is 6.92 Å². The monoisotopic (exact) mass is 474 g/mol. The number of fused-ring (bicyclic) bond motifs is 2. The molecule has 0 bridgehead atoms. The van der Waals surface area contributed by atoms with E-state index in [4.69, 9.17) is 10.5 Å². The van der Waals surface area contributed by atoms with Gasteiger partial charge in [0, 0.05) is 12.0 Å². The maximum Gasteiger partial charge on any atom is 0.141 e. The number of likely N-dealkylation sites (tertiary alicyclic amines) is 1. The lowest BCUT2D eigenvalue weighted by atomic mass is 9.74. The molecule has 5 rings (SSSR count). The highest BCUT2D eigenvalue weighted by Gasteiger charge is 2.61. The molecule has 0 radical (unpaired) electrons. The van der Waals surface area contributed by atoms with Gasteiger partial charge in [0.2, 0.25) is 0 Å². The van der Waals surface area contributed by atoms with Crippen molar-refractivity contribution in [1.82, 2.24) is 15.1 Å². The van der Waals surface area contributed by atoms with Crippen molar-refractivity contribution in [3.63, 3.8) is 0 Å². The van der Waals surface area contributed by atoms with Gasteiger partial charge in [0.25, 0.3) is 0 Å². The van der Waals surface area contributed by atoms with E-state index in [2.05, 4.69) is 29.1 Å². The molecule has 1 aromatic carbocycles. The van der Waals surface area contributed by atoms with Crippen molar-refractivity contribution in [2.24, 2.45) is 11.1 Å². The summed E-state index contributed by atoms with van der Waals surface area (Å²) >= 11 is 0. The van der Waals surface area contributed by atoms with Crippen molar-refractivity contribution >= 4 is 0 Å². The van der Waals surface area contributed by atoms with Crippen molar-refractivity contribution in [1.29, 1.82) is 0 Å². The first-order valence-corrected chi connectivity index (χ1v) is 13.0. The minimum Gasteiger partial charge on any atom is -0.387 e. The predicted octanol–water partition coefficient (Wildman–Crippen LogP) is 0.815. The molecule has 8 atom stereocenters. The average Bonchev–Trinajstić information content (AvgIpc) is 3.32. The molecule has 3 fully saturated rings. The quantitative estimate of drug-likeness (QED) is 0.369. The molecule has 1 aromatic rings. The van der Waals surface area contributed by atoms with Crippen LogP contribution in [0.1, 0.15) is 62.6 Å². The van der Waals surface area contributed by atoms with Gasteiger partial charge >= 0.3 is 0 Å². The highest BCUT2D eigenvalue weighted by molar-refractivity contribution is 5.41. The fourth-order valence-electron chi connectivity index (χ4n) is 6.91. The van der Waals surface area contributed by atoms with Gasteiger partial charge in [0.1, 0.15) is 30.1 Å². The Morgan fingerprint density at radius 2 is 1.97 bits per heavy atom. The second kappa shape index (κ2) is 9.09. The lowest BCUT2D eigenvalue weighted by Crippen LogP contribution is -2.70. The van der Waals surface area contributed by atoms with E-state index in [0.29, 0.717) is 6.67 Å². The first kappa shape index (κ1) is 24.6. The van der Waals surface area contributed by atoms with E-state index in [0.717, 1.165) is 57.1 Å². The smallest absolute Gasteiger partial charge is 0.141 e. The molecule has 3 heterocycles. The highest BCUT2D eigenvalue weighted by atomic mass is 16.6. The summed E-state index contributed by atoms with van der Waals surface area (Å²) in [6, 6.07) is 5.99. The van der Waals surface area contributed by atoms with Crippen LogP contribution in [0.15, 0.2) is 18.2 Å². The third kappa shape index (κ3) is 3.74. The summed E-state index contributed by atoms with van der Waals surface area (Å²) in [5.74, 6) is 0. The predicted molar refractivity (Wildman–Crippen MR) is 130 cm³/mol.